The predicted octanol–water partition coefficient (Wildman–Crippen LogP) is 6.57. The van der Waals surface area contributed by atoms with Crippen molar-refractivity contribution in [2.45, 2.75) is 51.1 Å². The van der Waals surface area contributed by atoms with Gasteiger partial charge in [-0.3, -0.25) is 0 Å². The molecule has 0 bridgehead atoms. The zero-order valence-corrected chi connectivity index (χ0v) is 20.4. The number of halogens is 6. The van der Waals surface area contributed by atoms with Crippen LogP contribution in [0.1, 0.15) is 37.3 Å². The summed E-state index contributed by atoms with van der Waals surface area (Å²) in [6, 6.07) is 11.9. The highest BCUT2D eigenvalue weighted by Gasteiger charge is 2.31. The fourth-order valence-electron chi connectivity index (χ4n) is 4.07. The summed E-state index contributed by atoms with van der Waals surface area (Å²) >= 11 is 0. The Balaban J connectivity index is 1.49. The molecule has 0 amide bonds. The van der Waals surface area contributed by atoms with Gasteiger partial charge in [-0.1, -0.05) is 18.2 Å². The molecule has 1 aromatic heterocycles. The molecule has 0 radical (unpaired) electrons. The maximum Gasteiger partial charge on any atom is 0.422 e. The first-order valence-corrected chi connectivity index (χ1v) is 12.0. The van der Waals surface area contributed by atoms with Crippen LogP contribution in [-0.4, -0.2) is 40.3 Å². The molecule has 7 nitrogen and oxygen atoms in total. The predicted molar refractivity (Wildman–Crippen MR) is 131 cm³/mol. The molecule has 0 saturated carbocycles. The van der Waals surface area contributed by atoms with Crippen molar-refractivity contribution in [3.8, 4) is 6.01 Å². The fraction of sp³-hybridized carbons (Fsp3) is 0.400. The smallest absolute Gasteiger partial charge is 0.422 e. The molecule has 38 heavy (non-hydrogen) atoms. The van der Waals surface area contributed by atoms with E-state index in [1.807, 2.05) is 24.3 Å². The van der Waals surface area contributed by atoms with Gasteiger partial charge in [-0.25, -0.2) is 0 Å². The molecule has 2 aromatic carbocycles. The Hall–Kier alpha value is -3.77. The van der Waals surface area contributed by atoms with Crippen LogP contribution in [0.25, 0.3) is 0 Å². The number of rotatable bonds is 8. The van der Waals surface area contributed by atoms with Gasteiger partial charge in [-0.2, -0.15) is 41.3 Å². The van der Waals surface area contributed by atoms with Crippen molar-refractivity contribution >= 4 is 23.3 Å². The summed E-state index contributed by atoms with van der Waals surface area (Å²) in [5, 5.41) is 5.48. The summed E-state index contributed by atoms with van der Waals surface area (Å²) in [5.41, 5.74) is 1.05. The zero-order valence-electron chi connectivity index (χ0n) is 20.4. The second kappa shape index (κ2) is 11.3. The largest absolute Gasteiger partial charge is 0.454 e. The van der Waals surface area contributed by atoms with Crippen molar-refractivity contribution in [1.29, 1.82) is 0 Å². The van der Waals surface area contributed by atoms with Gasteiger partial charge in [0.2, 0.25) is 11.9 Å². The standard InChI is InChI=1S/C25H26F6N6O/c1-16-5-2-3-12-37(16)20-10-8-17(9-11-20)14-32-21-34-22(36-23(35-21)38-15-24(26,27)28)33-19-7-4-6-18(13-19)25(29,30)31/h4,6-11,13,16H,2-3,5,12,14-15H2,1H3,(H2,32,33,34,35,36). The highest BCUT2D eigenvalue weighted by Crippen LogP contribution is 2.31. The minimum atomic E-state index is -4.64. The Morgan fingerprint density at radius 2 is 1.68 bits per heavy atom. The van der Waals surface area contributed by atoms with Crippen LogP contribution in [0.4, 0.5) is 49.6 Å². The molecule has 1 atom stereocenters. The van der Waals surface area contributed by atoms with Crippen molar-refractivity contribution in [3.05, 3.63) is 59.7 Å². The number of ether oxygens (including phenoxy) is 1. The SMILES string of the molecule is CC1CCCCN1c1ccc(CNc2nc(Nc3cccc(C(F)(F)F)c3)nc(OCC(F)(F)F)n2)cc1. The molecule has 1 saturated heterocycles. The quantitative estimate of drug-likeness (QED) is 0.313. The molecule has 204 valence electrons. The third-order valence-electron chi connectivity index (χ3n) is 5.95. The van der Waals surface area contributed by atoms with Crippen LogP contribution in [0, 0.1) is 0 Å². The molecule has 2 heterocycles. The second-order valence-corrected chi connectivity index (χ2v) is 8.93. The molecule has 1 aliphatic heterocycles. The third-order valence-corrected chi connectivity index (χ3v) is 5.95. The molecule has 1 unspecified atom stereocenters. The number of hydrogen-bond donors (Lipinski definition) is 2. The van der Waals surface area contributed by atoms with E-state index >= 15 is 0 Å². The molecular weight excluding hydrogens is 514 g/mol. The van der Waals surface area contributed by atoms with Crippen LogP contribution in [0.3, 0.4) is 0 Å². The van der Waals surface area contributed by atoms with Gasteiger partial charge in [-0.05, 0) is 62.1 Å². The Morgan fingerprint density at radius 3 is 2.37 bits per heavy atom. The average Bonchev–Trinajstić information content (AvgIpc) is 2.86. The Morgan fingerprint density at radius 1 is 0.947 bits per heavy atom. The van der Waals surface area contributed by atoms with E-state index in [-0.39, 0.29) is 24.1 Å². The van der Waals surface area contributed by atoms with Gasteiger partial charge in [-0.15, -0.1) is 0 Å². The number of nitrogens with zero attached hydrogens (tertiary/aromatic N) is 4. The van der Waals surface area contributed by atoms with Gasteiger partial charge in [0, 0.05) is 30.5 Å². The molecule has 0 aliphatic carbocycles. The second-order valence-electron chi connectivity index (χ2n) is 8.93. The summed E-state index contributed by atoms with van der Waals surface area (Å²) in [7, 11) is 0. The van der Waals surface area contributed by atoms with Gasteiger partial charge < -0.3 is 20.3 Å². The fourth-order valence-corrected chi connectivity index (χ4v) is 4.07. The van der Waals surface area contributed by atoms with Crippen LogP contribution in [0.2, 0.25) is 0 Å². The lowest BCUT2D eigenvalue weighted by molar-refractivity contribution is -0.154. The van der Waals surface area contributed by atoms with Gasteiger partial charge in [0.1, 0.15) is 0 Å². The summed E-state index contributed by atoms with van der Waals surface area (Å²) in [4.78, 5) is 14.1. The number of aromatic nitrogens is 3. The average molecular weight is 541 g/mol. The van der Waals surface area contributed by atoms with E-state index < -0.39 is 30.5 Å². The maximum atomic E-state index is 13.1. The van der Waals surface area contributed by atoms with Crippen LogP contribution in [0.15, 0.2) is 48.5 Å². The lowest BCUT2D eigenvalue weighted by atomic mass is 10.0. The first kappa shape index (κ1) is 27.3. The van der Waals surface area contributed by atoms with E-state index in [1.165, 1.54) is 18.6 Å². The lowest BCUT2D eigenvalue weighted by Crippen LogP contribution is -2.37. The number of nitrogens with one attached hydrogen (secondary N) is 2. The van der Waals surface area contributed by atoms with E-state index in [1.54, 1.807) is 0 Å². The molecule has 0 spiro atoms. The van der Waals surface area contributed by atoms with Gasteiger partial charge in [0.25, 0.3) is 0 Å². The summed E-state index contributed by atoms with van der Waals surface area (Å²) in [6.07, 6.45) is -5.72. The van der Waals surface area contributed by atoms with Crippen molar-refractivity contribution in [3.63, 3.8) is 0 Å². The summed E-state index contributed by atoms with van der Waals surface area (Å²) < 4.78 is 81.8. The van der Waals surface area contributed by atoms with Crippen LogP contribution in [-0.2, 0) is 12.7 Å². The topological polar surface area (TPSA) is 75.2 Å². The van der Waals surface area contributed by atoms with E-state index in [9.17, 15) is 26.3 Å². The van der Waals surface area contributed by atoms with Crippen molar-refractivity contribution in [2.75, 3.05) is 28.7 Å². The van der Waals surface area contributed by atoms with Crippen LogP contribution in [0.5, 0.6) is 6.01 Å². The molecule has 1 fully saturated rings. The first-order valence-electron chi connectivity index (χ1n) is 12.0. The number of piperidine rings is 1. The molecule has 1 aliphatic rings. The number of alkyl halides is 6. The summed E-state index contributed by atoms with van der Waals surface area (Å²) in [6.45, 7) is 1.78. The van der Waals surface area contributed by atoms with E-state index in [2.05, 4.69) is 42.1 Å². The molecule has 3 aromatic rings. The van der Waals surface area contributed by atoms with Crippen molar-refractivity contribution < 1.29 is 31.1 Å². The monoisotopic (exact) mass is 540 g/mol. The molecule has 2 N–H and O–H groups in total. The van der Waals surface area contributed by atoms with E-state index in [0.717, 1.165) is 42.8 Å². The Kier molecular flexibility index (Phi) is 8.12. The minimum absolute atomic E-state index is 0.0127. The first-order chi connectivity index (χ1) is 18.0. The number of hydrogen-bond acceptors (Lipinski definition) is 7. The Labute approximate surface area is 215 Å². The van der Waals surface area contributed by atoms with Gasteiger partial charge >= 0.3 is 18.4 Å². The number of benzene rings is 2. The highest BCUT2D eigenvalue weighted by molar-refractivity contribution is 5.56. The molecule has 13 heteroatoms. The number of anilines is 4. The van der Waals surface area contributed by atoms with Crippen molar-refractivity contribution in [2.24, 2.45) is 0 Å². The normalized spacial score (nSPS) is 16.3. The van der Waals surface area contributed by atoms with Gasteiger partial charge in [0.05, 0.1) is 5.56 Å². The zero-order chi connectivity index (χ0) is 27.3. The van der Waals surface area contributed by atoms with Crippen LogP contribution >= 0.6 is 0 Å². The van der Waals surface area contributed by atoms with Crippen molar-refractivity contribution in [1.82, 2.24) is 15.0 Å². The summed E-state index contributed by atoms with van der Waals surface area (Å²) in [5.74, 6) is -0.395. The van der Waals surface area contributed by atoms with E-state index in [4.69, 9.17) is 0 Å². The van der Waals surface area contributed by atoms with Crippen LogP contribution < -0.4 is 20.3 Å². The lowest BCUT2D eigenvalue weighted by Gasteiger charge is -2.35. The van der Waals surface area contributed by atoms with Gasteiger partial charge in [0.15, 0.2) is 6.61 Å². The highest BCUT2D eigenvalue weighted by atomic mass is 19.4. The third kappa shape index (κ3) is 7.62. The molecule has 4 rings (SSSR count). The maximum absolute atomic E-state index is 13.1. The minimum Gasteiger partial charge on any atom is -0.454 e. The van der Waals surface area contributed by atoms with E-state index in [0.29, 0.717) is 6.04 Å². The molecular formula is C25H26F6N6O. The Bertz CT molecular complexity index is 1220.